The van der Waals surface area contributed by atoms with Crippen molar-refractivity contribution >= 4 is 15.9 Å². The molecule has 0 unspecified atom stereocenters. The van der Waals surface area contributed by atoms with E-state index in [9.17, 15) is 0 Å². The predicted molar refractivity (Wildman–Crippen MR) is 87.1 cm³/mol. The first-order valence-electron chi connectivity index (χ1n) is 6.72. The van der Waals surface area contributed by atoms with E-state index in [2.05, 4.69) is 65.4 Å². The van der Waals surface area contributed by atoms with Gasteiger partial charge in [-0.15, -0.1) is 0 Å². The summed E-state index contributed by atoms with van der Waals surface area (Å²) < 4.78 is 6.37. The van der Waals surface area contributed by atoms with Crippen LogP contribution in [0.15, 0.2) is 46.9 Å². The van der Waals surface area contributed by atoms with Gasteiger partial charge in [0.1, 0.15) is 5.75 Å². The summed E-state index contributed by atoms with van der Waals surface area (Å²) in [7, 11) is 1.69. The molecule has 0 aliphatic carbocycles. The Bertz CT molecular complexity index is 583. The zero-order valence-corrected chi connectivity index (χ0v) is 13.7. The van der Waals surface area contributed by atoms with Crippen molar-refractivity contribution in [1.29, 1.82) is 0 Å². The van der Waals surface area contributed by atoms with Crippen LogP contribution in [0.1, 0.15) is 29.7 Å². The van der Waals surface area contributed by atoms with Gasteiger partial charge in [0.25, 0.3) is 0 Å². The van der Waals surface area contributed by atoms with E-state index in [1.165, 1.54) is 16.7 Å². The second-order valence-corrected chi connectivity index (χ2v) is 5.83. The van der Waals surface area contributed by atoms with Gasteiger partial charge in [0.05, 0.1) is 7.11 Å². The summed E-state index contributed by atoms with van der Waals surface area (Å²) in [5, 5.41) is 3.55. The first kappa shape index (κ1) is 15.1. The molecule has 0 fully saturated rings. The third-order valence-corrected chi connectivity index (χ3v) is 4.17. The highest BCUT2D eigenvalue weighted by molar-refractivity contribution is 9.10. The van der Waals surface area contributed by atoms with Crippen molar-refractivity contribution < 1.29 is 4.74 Å². The quantitative estimate of drug-likeness (QED) is 0.862. The van der Waals surface area contributed by atoms with Crippen LogP contribution in [0.25, 0.3) is 0 Å². The fourth-order valence-corrected chi connectivity index (χ4v) is 2.52. The average molecular weight is 334 g/mol. The SMILES string of the molecule is COc1ccc(Br)c(CN[C@H](C)c2cccc(C)c2)c1. The molecular formula is C17H20BrNO. The minimum absolute atomic E-state index is 0.313. The predicted octanol–water partition coefficient (Wildman–Crippen LogP) is 4.62. The summed E-state index contributed by atoms with van der Waals surface area (Å²) in [6.45, 7) is 5.10. The van der Waals surface area contributed by atoms with Crippen LogP contribution in [-0.2, 0) is 6.54 Å². The van der Waals surface area contributed by atoms with Gasteiger partial charge in [0.15, 0.2) is 0 Å². The van der Waals surface area contributed by atoms with Gasteiger partial charge in [-0.1, -0.05) is 45.8 Å². The lowest BCUT2D eigenvalue weighted by Crippen LogP contribution is -2.18. The number of hydrogen-bond donors (Lipinski definition) is 1. The fraction of sp³-hybridized carbons (Fsp3) is 0.294. The Kier molecular flexibility index (Phi) is 5.21. The second kappa shape index (κ2) is 6.91. The van der Waals surface area contributed by atoms with Gasteiger partial charge >= 0.3 is 0 Å². The van der Waals surface area contributed by atoms with Gasteiger partial charge < -0.3 is 10.1 Å². The van der Waals surface area contributed by atoms with Crippen LogP contribution in [0, 0.1) is 6.92 Å². The monoisotopic (exact) mass is 333 g/mol. The third kappa shape index (κ3) is 3.84. The minimum atomic E-state index is 0.313. The molecule has 3 heteroatoms. The average Bonchev–Trinajstić information content (AvgIpc) is 2.46. The summed E-state index contributed by atoms with van der Waals surface area (Å²) in [6.07, 6.45) is 0. The highest BCUT2D eigenvalue weighted by Crippen LogP contribution is 2.23. The van der Waals surface area contributed by atoms with Gasteiger partial charge in [0, 0.05) is 17.1 Å². The van der Waals surface area contributed by atoms with Crippen molar-refractivity contribution in [3.63, 3.8) is 0 Å². The number of ether oxygens (including phenoxy) is 1. The minimum Gasteiger partial charge on any atom is -0.497 e. The maximum Gasteiger partial charge on any atom is 0.119 e. The molecule has 20 heavy (non-hydrogen) atoms. The van der Waals surface area contributed by atoms with Crippen LogP contribution in [0.4, 0.5) is 0 Å². The highest BCUT2D eigenvalue weighted by atomic mass is 79.9. The third-order valence-electron chi connectivity index (χ3n) is 3.39. The zero-order chi connectivity index (χ0) is 14.5. The van der Waals surface area contributed by atoms with Crippen molar-refractivity contribution in [3.8, 4) is 5.75 Å². The Morgan fingerprint density at radius 1 is 1.20 bits per heavy atom. The van der Waals surface area contributed by atoms with E-state index < -0.39 is 0 Å². The van der Waals surface area contributed by atoms with Gasteiger partial charge in [-0.25, -0.2) is 0 Å². The maximum absolute atomic E-state index is 5.27. The van der Waals surface area contributed by atoms with Crippen molar-refractivity contribution in [2.75, 3.05) is 7.11 Å². The molecule has 0 spiro atoms. The first-order valence-corrected chi connectivity index (χ1v) is 7.52. The van der Waals surface area contributed by atoms with Crippen LogP contribution in [0.2, 0.25) is 0 Å². The summed E-state index contributed by atoms with van der Waals surface area (Å²) in [5.74, 6) is 0.883. The van der Waals surface area contributed by atoms with Crippen molar-refractivity contribution in [3.05, 3.63) is 63.6 Å². The molecule has 0 saturated carbocycles. The van der Waals surface area contributed by atoms with Crippen LogP contribution >= 0.6 is 15.9 Å². The van der Waals surface area contributed by atoms with Crippen LogP contribution < -0.4 is 10.1 Å². The van der Waals surface area contributed by atoms with Gasteiger partial charge in [-0.05, 0) is 43.2 Å². The van der Waals surface area contributed by atoms with Crippen molar-refractivity contribution in [2.45, 2.75) is 26.4 Å². The smallest absolute Gasteiger partial charge is 0.119 e. The molecule has 1 atom stereocenters. The summed E-state index contributed by atoms with van der Waals surface area (Å²) in [6, 6.07) is 14.9. The van der Waals surface area contributed by atoms with Gasteiger partial charge in [-0.3, -0.25) is 0 Å². The fourth-order valence-electron chi connectivity index (χ4n) is 2.13. The molecule has 0 heterocycles. The molecule has 2 rings (SSSR count). The number of hydrogen-bond acceptors (Lipinski definition) is 2. The lowest BCUT2D eigenvalue weighted by atomic mass is 10.1. The standard InChI is InChI=1S/C17H20BrNO/c1-12-5-4-6-14(9-12)13(2)19-11-15-10-16(20-3)7-8-17(15)18/h4-10,13,19H,11H2,1-3H3/t13-/m1/s1. The van der Waals surface area contributed by atoms with Gasteiger partial charge in [0.2, 0.25) is 0 Å². The summed E-state index contributed by atoms with van der Waals surface area (Å²) in [4.78, 5) is 0. The van der Waals surface area contributed by atoms with E-state index >= 15 is 0 Å². The largest absolute Gasteiger partial charge is 0.497 e. The molecule has 0 saturated heterocycles. The second-order valence-electron chi connectivity index (χ2n) is 4.97. The number of rotatable bonds is 5. The van der Waals surface area contributed by atoms with E-state index in [0.29, 0.717) is 6.04 Å². The molecule has 2 aromatic rings. The summed E-state index contributed by atoms with van der Waals surface area (Å²) in [5.41, 5.74) is 3.80. The summed E-state index contributed by atoms with van der Waals surface area (Å²) >= 11 is 3.58. The van der Waals surface area contributed by atoms with E-state index in [0.717, 1.165) is 16.8 Å². The van der Waals surface area contributed by atoms with E-state index in [1.54, 1.807) is 7.11 Å². The number of methoxy groups -OCH3 is 1. The lowest BCUT2D eigenvalue weighted by molar-refractivity contribution is 0.413. The van der Waals surface area contributed by atoms with Crippen LogP contribution in [-0.4, -0.2) is 7.11 Å². The zero-order valence-electron chi connectivity index (χ0n) is 12.1. The number of aryl methyl sites for hydroxylation is 1. The van der Waals surface area contributed by atoms with E-state index in [1.807, 2.05) is 12.1 Å². The van der Waals surface area contributed by atoms with E-state index in [4.69, 9.17) is 4.74 Å². The molecule has 0 aromatic heterocycles. The Hall–Kier alpha value is -1.32. The van der Waals surface area contributed by atoms with Crippen LogP contribution in [0.5, 0.6) is 5.75 Å². The molecule has 2 aromatic carbocycles. The normalized spacial score (nSPS) is 12.2. The van der Waals surface area contributed by atoms with Gasteiger partial charge in [-0.2, -0.15) is 0 Å². The molecule has 0 aliphatic heterocycles. The Balaban J connectivity index is 2.05. The number of benzene rings is 2. The van der Waals surface area contributed by atoms with Crippen LogP contribution in [0.3, 0.4) is 0 Å². The number of halogens is 1. The van der Waals surface area contributed by atoms with E-state index in [-0.39, 0.29) is 0 Å². The molecule has 0 radical (unpaired) electrons. The Morgan fingerprint density at radius 2 is 2.00 bits per heavy atom. The Labute approximate surface area is 129 Å². The molecule has 106 valence electrons. The number of nitrogens with one attached hydrogen (secondary N) is 1. The molecule has 0 aliphatic rings. The topological polar surface area (TPSA) is 21.3 Å². The lowest BCUT2D eigenvalue weighted by Gasteiger charge is -2.16. The maximum atomic E-state index is 5.27. The Morgan fingerprint density at radius 3 is 2.70 bits per heavy atom. The molecule has 0 bridgehead atoms. The molecule has 2 nitrogen and oxygen atoms in total. The van der Waals surface area contributed by atoms with Crippen molar-refractivity contribution in [2.24, 2.45) is 0 Å². The first-order chi connectivity index (χ1) is 9.60. The molecule has 1 N–H and O–H groups in total. The molecule has 0 amide bonds. The highest BCUT2D eigenvalue weighted by Gasteiger charge is 2.07. The van der Waals surface area contributed by atoms with Crippen molar-refractivity contribution in [1.82, 2.24) is 5.32 Å². The molecular weight excluding hydrogens is 314 g/mol.